The van der Waals surface area contributed by atoms with Crippen LogP contribution in [-0.2, 0) is 13.6 Å². The van der Waals surface area contributed by atoms with Crippen molar-refractivity contribution >= 4 is 11.6 Å². The molecule has 0 unspecified atom stereocenters. The first kappa shape index (κ1) is 11.2. The van der Waals surface area contributed by atoms with E-state index in [2.05, 4.69) is 10.3 Å². The lowest BCUT2D eigenvalue weighted by Crippen LogP contribution is -2.10. The molecule has 2 aromatic rings. The molecule has 1 aromatic heterocycles. The summed E-state index contributed by atoms with van der Waals surface area (Å²) in [7, 11) is 3.82. The Bertz CT molecular complexity index is 477. The van der Waals surface area contributed by atoms with Gasteiger partial charge in [0.15, 0.2) is 0 Å². The highest BCUT2D eigenvalue weighted by atomic mass is 35.5. The summed E-state index contributed by atoms with van der Waals surface area (Å²) < 4.78 is 1.90. The number of nitrogens with zero attached hydrogens (tertiary/aromatic N) is 2. The van der Waals surface area contributed by atoms with Crippen LogP contribution in [-0.4, -0.2) is 16.6 Å². The lowest BCUT2D eigenvalue weighted by atomic mass is 10.2. The quantitative estimate of drug-likeness (QED) is 0.886. The standard InChI is InChI=1S/C12H14ClN3/c1-14-8-10-15-11(12(13)16(10)2)9-6-4-3-5-7-9/h3-7,14H,8H2,1-2H3. The van der Waals surface area contributed by atoms with Gasteiger partial charge in [-0.15, -0.1) is 0 Å². The van der Waals surface area contributed by atoms with Crippen LogP contribution in [0.15, 0.2) is 30.3 Å². The largest absolute Gasteiger partial charge is 0.321 e. The number of benzene rings is 1. The number of hydrogen-bond donors (Lipinski definition) is 1. The Labute approximate surface area is 100 Å². The van der Waals surface area contributed by atoms with Crippen LogP contribution in [0, 0.1) is 0 Å². The van der Waals surface area contributed by atoms with Crippen LogP contribution in [0.3, 0.4) is 0 Å². The fourth-order valence-corrected chi connectivity index (χ4v) is 1.87. The van der Waals surface area contributed by atoms with Crippen molar-refractivity contribution in [2.24, 2.45) is 7.05 Å². The van der Waals surface area contributed by atoms with Gasteiger partial charge in [0, 0.05) is 12.6 Å². The summed E-state index contributed by atoms with van der Waals surface area (Å²) in [5.74, 6) is 0.936. The Balaban J connectivity index is 2.46. The number of imidazole rings is 1. The van der Waals surface area contributed by atoms with Gasteiger partial charge in [0.1, 0.15) is 16.7 Å². The normalized spacial score (nSPS) is 10.7. The van der Waals surface area contributed by atoms with Crippen LogP contribution in [0.25, 0.3) is 11.3 Å². The molecule has 16 heavy (non-hydrogen) atoms. The van der Waals surface area contributed by atoms with E-state index in [-0.39, 0.29) is 0 Å². The molecule has 0 saturated heterocycles. The molecule has 84 valence electrons. The van der Waals surface area contributed by atoms with Gasteiger partial charge in [-0.3, -0.25) is 0 Å². The molecule has 0 bridgehead atoms. The van der Waals surface area contributed by atoms with Gasteiger partial charge in [-0.1, -0.05) is 41.9 Å². The van der Waals surface area contributed by atoms with E-state index in [0.717, 1.165) is 17.1 Å². The minimum absolute atomic E-state index is 0.677. The van der Waals surface area contributed by atoms with Crippen LogP contribution in [0.2, 0.25) is 5.15 Å². The highest BCUT2D eigenvalue weighted by Crippen LogP contribution is 2.27. The van der Waals surface area contributed by atoms with E-state index in [1.165, 1.54) is 0 Å². The molecule has 0 aliphatic heterocycles. The number of halogens is 1. The lowest BCUT2D eigenvalue weighted by Gasteiger charge is -1.99. The average Bonchev–Trinajstić information content (AvgIpc) is 2.59. The number of aromatic nitrogens is 2. The maximum atomic E-state index is 6.26. The van der Waals surface area contributed by atoms with Crippen molar-refractivity contribution in [3.05, 3.63) is 41.3 Å². The Morgan fingerprint density at radius 3 is 2.62 bits per heavy atom. The van der Waals surface area contributed by atoms with E-state index < -0.39 is 0 Å². The first-order valence-corrected chi connectivity index (χ1v) is 5.53. The SMILES string of the molecule is CNCc1nc(-c2ccccc2)c(Cl)n1C. The summed E-state index contributed by atoms with van der Waals surface area (Å²) in [6.07, 6.45) is 0. The van der Waals surface area contributed by atoms with E-state index in [1.807, 2.05) is 49.0 Å². The number of hydrogen-bond acceptors (Lipinski definition) is 2. The third kappa shape index (κ3) is 1.96. The van der Waals surface area contributed by atoms with Gasteiger partial charge in [0.05, 0.1) is 6.54 Å². The van der Waals surface area contributed by atoms with Gasteiger partial charge < -0.3 is 9.88 Å². The first-order valence-electron chi connectivity index (χ1n) is 5.15. The van der Waals surface area contributed by atoms with Crippen molar-refractivity contribution in [3.63, 3.8) is 0 Å². The molecule has 1 N–H and O–H groups in total. The van der Waals surface area contributed by atoms with Crippen LogP contribution in [0.1, 0.15) is 5.82 Å². The molecule has 0 spiro atoms. The van der Waals surface area contributed by atoms with Gasteiger partial charge in [0.25, 0.3) is 0 Å². The summed E-state index contributed by atoms with van der Waals surface area (Å²) in [6, 6.07) is 9.97. The highest BCUT2D eigenvalue weighted by molar-refractivity contribution is 6.32. The first-order chi connectivity index (χ1) is 7.74. The lowest BCUT2D eigenvalue weighted by molar-refractivity contribution is 0.710. The van der Waals surface area contributed by atoms with Gasteiger partial charge in [0.2, 0.25) is 0 Å². The predicted octanol–water partition coefficient (Wildman–Crippen LogP) is 2.46. The van der Waals surface area contributed by atoms with Crippen LogP contribution in [0.5, 0.6) is 0 Å². The second-order valence-corrected chi connectivity index (χ2v) is 3.98. The predicted molar refractivity (Wildman–Crippen MR) is 66.4 cm³/mol. The molecule has 0 fully saturated rings. The Morgan fingerprint density at radius 1 is 1.31 bits per heavy atom. The Kier molecular flexibility index (Phi) is 3.27. The van der Waals surface area contributed by atoms with Crippen LogP contribution < -0.4 is 5.32 Å². The fraction of sp³-hybridized carbons (Fsp3) is 0.250. The molecular weight excluding hydrogens is 222 g/mol. The smallest absolute Gasteiger partial charge is 0.136 e. The van der Waals surface area contributed by atoms with Crippen LogP contribution >= 0.6 is 11.6 Å². The second-order valence-electron chi connectivity index (χ2n) is 3.62. The summed E-state index contributed by atoms with van der Waals surface area (Å²) in [4.78, 5) is 4.54. The van der Waals surface area contributed by atoms with Gasteiger partial charge in [-0.05, 0) is 7.05 Å². The number of nitrogens with one attached hydrogen (secondary N) is 1. The van der Waals surface area contributed by atoms with Crippen molar-refractivity contribution in [1.82, 2.24) is 14.9 Å². The van der Waals surface area contributed by atoms with Gasteiger partial charge in [-0.25, -0.2) is 4.98 Å². The number of rotatable bonds is 3. The molecular formula is C12H14ClN3. The molecule has 2 rings (SSSR count). The molecule has 0 radical (unpaired) electrons. The van der Waals surface area contributed by atoms with Crippen molar-refractivity contribution in [1.29, 1.82) is 0 Å². The summed E-state index contributed by atoms with van der Waals surface area (Å²) in [5.41, 5.74) is 1.89. The molecule has 0 amide bonds. The molecule has 4 heteroatoms. The van der Waals surface area contributed by atoms with Gasteiger partial charge >= 0.3 is 0 Å². The van der Waals surface area contributed by atoms with Crippen LogP contribution in [0.4, 0.5) is 0 Å². The van der Waals surface area contributed by atoms with E-state index in [0.29, 0.717) is 11.7 Å². The minimum atomic E-state index is 0.677. The third-order valence-corrected chi connectivity index (χ3v) is 2.93. The summed E-state index contributed by atoms with van der Waals surface area (Å²) in [5, 5.41) is 3.75. The van der Waals surface area contributed by atoms with Crippen molar-refractivity contribution in [2.75, 3.05) is 7.05 Å². The molecule has 0 aliphatic carbocycles. The highest BCUT2D eigenvalue weighted by Gasteiger charge is 2.13. The Hall–Kier alpha value is -1.32. The third-order valence-electron chi connectivity index (χ3n) is 2.50. The van der Waals surface area contributed by atoms with Crippen molar-refractivity contribution in [3.8, 4) is 11.3 Å². The average molecular weight is 236 g/mol. The maximum absolute atomic E-state index is 6.26. The Morgan fingerprint density at radius 2 is 2.00 bits per heavy atom. The maximum Gasteiger partial charge on any atom is 0.136 e. The zero-order chi connectivity index (χ0) is 11.5. The zero-order valence-corrected chi connectivity index (χ0v) is 10.1. The van der Waals surface area contributed by atoms with Crippen molar-refractivity contribution < 1.29 is 0 Å². The van der Waals surface area contributed by atoms with Crippen molar-refractivity contribution in [2.45, 2.75) is 6.54 Å². The van der Waals surface area contributed by atoms with Gasteiger partial charge in [-0.2, -0.15) is 0 Å². The summed E-state index contributed by atoms with van der Waals surface area (Å²) in [6.45, 7) is 0.711. The molecule has 0 aliphatic rings. The zero-order valence-electron chi connectivity index (χ0n) is 9.37. The minimum Gasteiger partial charge on any atom is -0.321 e. The molecule has 0 atom stereocenters. The molecule has 1 heterocycles. The second kappa shape index (κ2) is 4.68. The fourth-order valence-electron chi connectivity index (χ4n) is 1.62. The summed E-state index contributed by atoms with van der Waals surface area (Å²) >= 11 is 6.26. The topological polar surface area (TPSA) is 29.9 Å². The van der Waals surface area contributed by atoms with E-state index in [1.54, 1.807) is 0 Å². The monoisotopic (exact) mass is 235 g/mol. The molecule has 0 saturated carbocycles. The van der Waals surface area contributed by atoms with E-state index in [4.69, 9.17) is 11.6 Å². The molecule has 1 aromatic carbocycles. The van der Waals surface area contributed by atoms with E-state index in [9.17, 15) is 0 Å². The van der Waals surface area contributed by atoms with E-state index >= 15 is 0 Å². The molecule has 3 nitrogen and oxygen atoms in total.